The summed E-state index contributed by atoms with van der Waals surface area (Å²) in [6.07, 6.45) is 6.42. The first-order valence-corrected chi connectivity index (χ1v) is 6.00. The molecule has 0 amide bonds. The highest BCUT2D eigenvalue weighted by molar-refractivity contribution is 5.89. The minimum atomic E-state index is -0.264. The van der Waals surface area contributed by atoms with Gasteiger partial charge in [0.05, 0.1) is 7.11 Å². The summed E-state index contributed by atoms with van der Waals surface area (Å²) in [4.78, 5) is 14.7. The molecule has 1 aromatic heterocycles. The topological polar surface area (TPSA) is 42.1 Å². The van der Waals surface area contributed by atoms with Gasteiger partial charge in [-0.05, 0) is 37.3 Å². The Balaban J connectivity index is 2.19. The quantitative estimate of drug-likeness (QED) is 0.779. The highest BCUT2D eigenvalue weighted by Gasteiger charge is 2.20. The van der Waals surface area contributed by atoms with Crippen LogP contribution in [0.3, 0.4) is 0 Å². The van der Waals surface area contributed by atoms with E-state index >= 15 is 0 Å². The lowest BCUT2D eigenvalue weighted by Crippen LogP contribution is -2.07. The molecular formula is C13H19NO2. The first-order valence-electron chi connectivity index (χ1n) is 6.00. The number of esters is 1. The summed E-state index contributed by atoms with van der Waals surface area (Å²) in [5.41, 5.74) is 2.81. The molecule has 0 saturated heterocycles. The van der Waals surface area contributed by atoms with E-state index in [0.29, 0.717) is 11.6 Å². The molecule has 1 saturated carbocycles. The zero-order chi connectivity index (χ0) is 11.5. The maximum atomic E-state index is 11.5. The number of rotatable bonds is 2. The fraction of sp³-hybridized carbons (Fsp3) is 0.615. The van der Waals surface area contributed by atoms with Gasteiger partial charge in [-0.2, -0.15) is 0 Å². The SMILES string of the molecule is COC(=O)c1[nH]c(C2CCCCC2)cc1C. The predicted octanol–water partition coefficient (Wildman–Crippen LogP) is 3.16. The third kappa shape index (κ3) is 2.13. The molecular weight excluding hydrogens is 202 g/mol. The number of methoxy groups -OCH3 is 1. The van der Waals surface area contributed by atoms with Gasteiger partial charge in [-0.15, -0.1) is 0 Å². The lowest BCUT2D eigenvalue weighted by Gasteiger charge is -2.20. The Morgan fingerprint density at radius 2 is 2.06 bits per heavy atom. The number of aromatic amines is 1. The third-order valence-electron chi connectivity index (χ3n) is 3.47. The molecule has 2 rings (SSSR count). The molecule has 0 aromatic carbocycles. The molecule has 3 heteroatoms. The minimum absolute atomic E-state index is 0.264. The predicted molar refractivity (Wildman–Crippen MR) is 62.7 cm³/mol. The van der Waals surface area contributed by atoms with Crippen molar-refractivity contribution in [3.05, 3.63) is 23.0 Å². The molecule has 1 N–H and O–H groups in total. The van der Waals surface area contributed by atoms with E-state index in [2.05, 4.69) is 11.1 Å². The Morgan fingerprint density at radius 1 is 1.38 bits per heavy atom. The molecule has 1 fully saturated rings. The summed E-state index contributed by atoms with van der Waals surface area (Å²) in [6.45, 7) is 1.95. The summed E-state index contributed by atoms with van der Waals surface area (Å²) >= 11 is 0. The lowest BCUT2D eigenvalue weighted by molar-refractivity contribution is 0.0593. The number of H-pyrrole nitrogens is 1. The van der Waals surface area contributed by atoms with Crippen LogP contribution in [-0.4, -0.2) is 18.1 Å². The van der Waals surface area contributed by atoms with Crippen LogP contribution in [0.5, 0.6) is 0 Å². The fourth-order valence-corrected chi connectivity index (χ4v) is 2.53. The van der Waals surface area contributed by atoms with E-state index in [1.807, 2.05) is 6.92 Å². The molecule has 1 aromatic rings. The normalized spacial score (nSPS) is 17.4. The van der Waals surface area contributed by atoms with Crippen molar-refractivity contribution in [3.63, 3.8) is 0 Å². The van der Waals surface area contributed by atoms with E-state index in [1.165, 1.54) is 44.9 Å². The van der Waals surface area contributed by atoms with Crippen molar-refractivity contribution in [1.29, 1.82) is 0 Å². The van der Waals surface area contributed by atoms with Crippen molar-refractivity contribution in [2.75, 3.05) is 7.11 Å². The van der Waals surface area contributed by atoms with Crippen LogP contribution in [-0.2, 0) is 4.74 Å². The van der Waals surface area contributed by atoms with E-state index in [9.17, 15) is 4.79 Å². The average molecular weight is 221 g/mol. The Morgan fingerprint density at radius 3 is 2.69 bits per heavy atom. The Labute approximate surface area is 96.2 Å². The van der Waals surface area contributed by atoms with Crippen LogP contribution < -0.4 is 0 Å². The Hall–Kier alpha value is -1.25. The standard InChI is InChI=1S/C13H19NO2/c1-9-8-11(10-6-4-3-5-7-10)14-12(9)13(15)16-2/h8,10,14H,3-7H2,1-2H3. The smallest absolute Gasteiger partial charge is 0.354 e. The number of carbonyl (C=O) groups excluding carboxylic acids is 1. The van der Waals surface area contributed by atoms with Crippen molar-refractivity contribution in [2.45, 2.75) is 44.9 Å². The van der Waals surface area contributed by atoms with Crippen LogP contribution >= 0.6 is 0 Å². The second-order valence-corrected chi connectivity index (χ2v) is 4.61. The Bertz CT molecular complexity index is 375. The first-order chi connectivity index (χ1) is 7.72. The summed E-state index contributed by atoms with van der Waals surface area (Å²) in [7, 11) is 1.42. The number of ether oxygens (including phenoxy) is 1. The van der Waals surface area contributed by atoms with E-state index in [0.717, 1.165) is 5.56 Å². The van der Waals surface area contributed by atoms with Gasteiger partial charge in [0.2, 0.25) is 0 Å². The van der Waals surface area contributed by atoms with Crippen LogP contribution in [0.1, 0.15) is 59.8 Å². The molecule has 88 valence electrons. The summed E-state index contributed by atoms with van der Waals surface area (Å²) in [6, 6.07) is 2.10. The second kappa shape index (κ2) is 4.73. The number of aryl methyl sites for hydroxylation is 1. The van der Waals surface area contributed by atoms with Crippen LogP contribution in [0.4, 0.5) is 0 Å². The van der Waals surface area contributed by atoms with Gasteiger partial charge >= 0.3 is 5.97 Å². The molecule has 0 aliphatic heterocycles. The Kier molecular flexibility index (Phi) is 3.32. The zero-order valence-electron chi connectivity index (χ0n) is 10.0. The highest BCUT2D eigenvalue weighted by Crippen LogP contribution is 2.32. The van der Waals surface area contributed by atoms with Crippen LogP contribution in [0.15, 0.2) is 6.07 Å². The van der Waals surface area contributed by atoms with Crippen LogP contribution in [0.2, 0.25) is 0 Å². The summed E-state index contributed by atoms with van der Waals surface area (Å²) in [5.74, 6) is 0.338. The van der Waals surface area contributed by atoms with E-state index in [1.54, 1.807) is 0 Å². The summed E-state index contributed by atoms with van der Waals surface area (Å²) in [5, 5.41) is 0. The van der Waals surface area contributed by atoms with Crippen molar-refractivity contribution in [2.24, 2.45) is 0 Å². The number of hydrogen-bond acceptors (Lipinski definition) is 2. The number of aromatic nitrogens is 1. The van der Waals surface area contributed by atoms with Crippen LogP contribution in [0.25, 0.3) is 0 Å². The van der Waals surface area contributed by atoms with Crippen molar-refractivity contribution >= 4 is 5.97 Å². The lowest BCUT2D eigenvalue weighted by atomic mass is 9.87. The number of nitrogens with one attached hydrogen (secondary N) is 1. The van der Waals surface area contributed by atoms with E-state index < -0.39 is 0 Å². The van der Waals surface area contributed by atoms with Gasteiger partial charge < -0.3 is 9.72 Å². The van der Waals surface area contributed by atoms with Gasteiger partial charge in [0.15, 0.2) is 0 Å². The average Bonchev–Trinajstić information content (AvgIpc) is 2.71. The highest BCUT2D eigenvalue weighted by atomic mass is 16.5. The molecule has 0 bridgehead atoms. The van der Waals surface area contributed by atoms with E-state index in [4.69, 9.17) is 4.74 Å². The molecule has 1 heterocycles. The van der Waals surface area contributed by atoms with Crippen molar-refractivity contribution < 1.29 is 9.53 Å². The molecule has 16 heavy (non-hydrogen) atoms. The molecule has 0 atom stereocenters. The maximum absolute atomic E-state index is 11.5. The van der Waals surface area contributed by atoms with E-state index in [-0.39, 0.29) is 5.97 Å². The second-order valence-electron chi connectivity index (χ2n) is 4.61. The molecule has 3 nitrogen and oxygen atoms in total. The van der Waals surface area contributed by atoms with Crippen LogP contribution in [0, 0.1) is 6.92 Å². The summed E-state index contributed by atoms with van der Waals surface area (Å²) < 4.78 is 4.75. The van der Waals surface area contributed by atoms with Gasteiger partial charge in [-0.25, -0.2) is 4.79 Å². The van der Waals surface area contributed by atoms with Gasteiger partial charge in [0.25, 0.3) is 0 Å². The molecule has 0 spiro atoms. The largest absolute Gasteiger partial charge is 0.464 e. The monoisotopic (exact) mass is 221 g/mol. The van der Waals surface area contributed by atoms with Crippen molar-refractivity contribution in [1.82, 2.24) is 4.98 Å². The number of hydrogen-bond donors (Lipinski definition) is 1. The number of carbonyl (C=O) groups is 1. The molecule has 0 radical (unpaired) electrons. The maximum Gasteiger partial charge on any atom is 0.354 e. The van der Waals surface area contributed by atoms with Gasteiger partial charge in [-0.3, -0.25) is 0 Å². The minimum Gasteiger partial charge on any atom is -0.464 e. The fourth-order valence-electron chi connectivity index (χ4n) is 2.53. The van der Waals surface area contributed by atoms with Gasteiger partial charge in [-0.1, -0.05) is 19.3 Å². The first kappa shape index (κ1) is 11.2. The van der Waals surface area contributed by atoms with Gasteiger partial charge in [0, 0.05) is 5.69 Å². The molecule has 0 unspecified atom stereocenters. The molecule has 1 aliphatic carbocycles. The zero-order valence-corrected chi connectivity index (χ0v) is 10.0. The van der Waals surface area contributed by atoms with Gasteiger partial charge in [0.1, 0.15) is 5.69 Å². The molecule has 1 aliphatic rings. The van der Waals surface area contributed by atoms with Crippen molar-refractivity contribution in [3.8, 4) is 0 Å². The third-order valence-corrected chi connectivity index (χ3v) is 3.47.